The van der Waals surface area contributed by atoms with Crippen molar-refractivity contribution < 1.29 is 19.4 Å². The molecule has 11 heteroatoms. The Hall–Kier alpha value is -3.82. The summed E-state index contributed by atoms with van der Waals surface area (Å²) < 4.78 is 5.66. The number of halogens is 2. The Labute approximate surface area is 184 Å². The van der Waals surface area contributed by atoms with Gasteiger partial charge in [-0.15, -0.1) is 10.2 Å². The molecule has 0 bridgehead atoms. The summed E-state index contributed by atoms with van der Waals surface area (Å²) >= 11 is 11.9. The zero-order valence-electron chi connectivity index (χ0n) is 15.4. The van der Waals surface area contributed by atoms with E-state index in [0.29, 0.717) is 27.6 Å². The highest BCUT2D eigenvalue weighted by Crippen LogP contribution is 2.25. The fourth-order valence-corrected chi connectivity index (χ4v) is 3.10. The van der Waals surface area contributed by atoms with Gasteiger partial charge in [0.15, 0.2) is 5.69 Å². The molecule has 31 heavy (non-hydrogen) atoms. The summed E-state index contributed by atoms with van der Waals surface area (Å²) in [5.41, 5.74) is 0.950. The Bertz CT molecular complexity index is 1330. The van der Waals surface area contributed by atoms with Gasteiger partial charge in [-0.2, -0.15) is 0 Å². The fraction of sp³-hybridized carbons (Fsp3) is 0. The molecule has 154 valence electrons. The standard InChI is InChI=1S/C20H11Cl2N5O4/c21-10-1-3-13(14(22)7-10)18(28)25-20-24-15-4-2-11(8-16(15)26-27-20)31-12-5-6-23-17(9-12)19(29)30/h1-9H,(H,29,30)(H,24,25,27,28). The molecule has 2 N–H and O–H groups in total. The molecule has 4 rings (SSSR count). The van der Waals surface area contributed by atoms with Gasteiger partial charge in [0.05, 0.1) is 16.1 Å². The average molecular weight is 456 g/mol. The number of hydrogen-bond donors (Lipinski definition) is 2. The van der Waals surface area contributed by atoms with Gasteiger partial charge in [-0.1, -0.05) is 23.2 Å². The molecule has 0 aliphatic heterocycles. The third-order valence-corrected chi connectivity index (χ3v) is 4.56. The molecule has 0 spiro atoms. The predicted molar refractivity (Wildman–Crippen MR) is 113 cm³/mol. The Kier molecular flexibility index (Phi) is 5.61. The number of benzene rings is 2. The van der Waals surface area contributed by atoms with Crippen molar-refractivity contribution in [2.24, 2.45) is 0 Å². The molecule has 2 aromatic heterocycles. The second kappa shape index (κ2) is 8.50. The number of fused-ring (bicyclic) bond motifs is 1. The normalized spacial score (nSPS) is 10.6. The second-order valence-electron chi connectivity index (χ2n) is 6.15. The van der Waals surface area contributed by atoms with E-state index in [2.05, 4.69) is 25.5 Å². The van der Waals surface area contributed by atoms with Crippen LogP contribution >= 0.6 is 23.2 Å². The lowest BCUT2D eigenvalue weighted by Gasteiger charge is -2.08. The number of carbonyl (C=O) groups excluding carboxylic acids is 1. The molecular formula is C20H11Cl2N5O4. The van der Waals surface area contributed by atoms with E-state index in [1.807, 2.05) is 0 Å². The van der Waals surface area contributed by atoms with E-state index in [1.165, 1.54) is 30.5 Å². The van der Waals surface area contributed by atoms with E-state index < -0.39 is 11.9 Å². The van der Waals surface area contributed by atoms with Crippen LogP contribution < -0.4 is 10.1 Å². The summed E-state index contributed by atoms with van der Waals surface area (Å²) in [6, 6.07) is 12.2. The Balaban J connectivity index is 1.53. The van der Waals surface area contributed by atoms with Crippen molar-refractivity contribution in [3.63, 3.8) is 0 Å². The van der Waals surface area contributed by atoms with Crippen molar-refractivity contribution in [3.05, 3.63) is 76.0 Å². The number of pyridine rings is 1. The van der Waals surface area contributed by atoms with Gasteiger partial charge in [-0.05, 0) is 36.4 Å². The first-order valence-corrected chi connectivity index (χ1v) is 9.43. The maximum absolute atomic E-state index is 12.4. The SMILES string of the molecule is O=C(O)c1cc(Oc2ccc3nc(NC(=O)c4ccc(Cl)cc4Cl)nnc3c2)ccn1. The third-order valence-electron chi connectivity index (χ3n) is 4.01. The summed E-state index contributed by atoms with van der Waals surface area (Å²) in [6.45, 7) is 0. The molecule has 2 aromatic carbocycles. The van der Waals surface area contributed by atoms with E-state index in [0.717, 1.165) is 0 Å². The van der Waals surface area contributed by atoms with E-state index in [4.69, 9.17) is 33.0 Å². The molecule has 1 amide bonds. The van der Waals surface area contributed by atoms with E-state index in [9.17, 15) is 9.59 Å². The van der Waals surface area contributed by atoms with Crippen LogP contribution in [0.3, 0.4) is 0 Å². The summed E-state index contributed by atoms with van der Waals surface area (Å²) in [5, 5.41) is 20.1. The monoisotopic (exact) mass is 455 g/mol. The number of nitrogens with one attached hydrogen (secondary N) is 1. The minimum absolute atomic E-state index is 0.00239. The van der Waals surface area contributed by atoms with Gasteiger partial charge in [-0.25, -0.2) is 14.8 Å². The van der Waals surface area contributed by atoms with Crippen LogP contribution in [0, 0.1) is 0 Å². The number of ether oxygens (including phenoxy) is 1. The van der Waals surface area contributed by atoms with Gasteiger partial charge in [-0.3, -0.25) is 10.1 Å². The number of nitrogens with zero attached hydrogens (tertiary/aromatic N) is 4. The number of anilines is 1. The van der Waals surface area contributed by atoms with Crippen molar-refractivity contribution in [1.82, 2.24) is 20.2 Å². The second-order valence-corrected chi connectivity index (χ2v) is 6.99. The number of hydrogen-bond acceptors (Lipinski definition) is 7. The van der Waals surface area contributed by atoms with E-state index >= 15 is 0 Å². The van der Waals surface area contributed by atoms with E-state index in [-0.39, 0.29) is 22.2 Å². The van der Waals surface area contributed by atoms with E-state index in [1.54, 1.807) is 24.3 Å². The first kappa shape index (κ1) is 20.5. The van der Waals surface area contributed by atoms with Gasteiger partial charge < -0.3 is 9.84 Å². The molecule has 0 atom stereocenters. The topological polar surface area (TPSA) is 127 Å². The van der Waals surface area contributed by atoms with Crippen LogP contribution in [0.4, 0.5) is 5.95 Å². The molecular weight excluding hydrogens is 445 g/mol. The largest absolute Gasteiger partial charge is 0.477 e. The quantitative estimate of drug-likeness (QED) is 0.450. The zero-order valence-corrected chi connectivity index (χ0v) is 16.9. The highest BCUT2D eigenvalue weighted by atomic mass is 35.5. The van der Waals surface area contributed by atoms with Gasteiger partial charge in [0.25, 0.3) is 5.91 Å². The van der Waals surface area contributed by atoms with Crippen molar-refractivity contribution in [1.29, 1.82) is 0 Å². The fourth-order valence-electron chi connectivity index (χ4n) is 2.60. The number of aromatic nitrogens is 4. The molecule has 0 radical (unpaired) electrons. The predicted octanol–water partition coefficient (Wildman–Crippen LogP) is 4.47. The first-order valence-electron chi connectivity index (χ1n) is 8.67. The molecule has 4 aromatic rings. The van der Waals surface area contributed by atoms with Crippen LogP contribution in [-0.4, -0.2) is 37.1 Å². The maximum Gasteiger partial charge on any atom is 0.354 e. The molecule has 0 fully saturated rings. The first-order chi connectivity index (χ1) is 14.9. The smallest absolute Gasteiger partial charge is 0.354 e. The number of rotatable bonds is 5. The minimum Gasteiger partial charge on any atom is -0.477 e. The number of amides is 1. The molecule has 0 aliphatic carbocycles. The minimum atomic E-state index is -1.16. The summed E-state index contributed by atoms with van der Waals surface area (Å²) in [5.74, 6) is -0.965. The van der Waals surface area contributed by atoms with Crippen LogP contribution in [0.25, 0.3) is 11.0 Å². The van der Waals surface area contributed by atoms with Crippen molar-refractivity contribution in [3.8, 4) is 11.5 Å². The van der Waals surface area contributed by atoms with Gasteiger partial charge >= 0.3 is 5.97 Å². The summed E-state index contributed by atoms with van der Waals surface area (Å²) in [7, 11) is 0. The van der Waals surface area contributed by atoms with Crippen LogP contribution in [-0.2, 0) is 0 Å². The van der Waals surface area contributed by atoms with Gasteiger partial charge in [0.1, 0.15) is 17.0 Å². The molecule has 0 saturated carbocycles. The average Bonchev–Trinajstić information content (AvgIpc) is 2.74. The summed E-state index contributed by atoms with van der Waals surface area (Å²) in [6.07, 6.45) is 1.34. The molecule has 2 heterocycles. The Morgan fingerprint density at radius 3 is 2.52 bits per heavy atom. The van der Waals surface area contributed by atoms with Crippen LogP contribution in [0.5, 0.6) is 11.5 Å². The summed E-state index contributed by atoms with van der Waals surface area (Å²) in [4.78, 5) is 31.4. The van der Waals surface area contributed by atoms with Gasteiger partial charge in [0, 0.05) is 23.4 Å². The number of aromatic carboxylic acids is 1. The lowest BCUT2D eigenvalue weighted by molar-refractivity contribution is 0.0690. The number of carboxylic acid groups (broad SMARTS) is 1. The van der Waals surface area contributed by atoms with Crippen LogP contribution in [0.15, 0.2) is 54.7 Å². The lowest BCUT2D eigenvalue weighted by Crippen LogP contribution is -2.15. The number of carboxylic acids is 1. The lowest BCUT2D eigenvalue weighted by atomic mass is 10.2. The zero-order chi connectivity index (χ0) is 22.0. The van der Waals surface area contributed by atoms with Crippen LogP contribution in [0.1, 0.15) is 20.8 Å². The molecule has 0 unspecified atom stereocenters. The Morgan fingerprint density at radius 1 is 0.935 bits per heavy atom. The van der Waals surface area contributed by atoms with Crippen molar-refractivity contribution >= 4 is 52.1 Å². The number of carbonyl (C=O) groups is 2. The van der Waals surface area contributed by atoms with Crippen molar-refractivity contribution in [2.75, 3.05) is 5.32 Å². The Morgan fingerprint density at radius 2 is 1.74 bits per heavy atom. The van der Waals surface area contributed by atoms with Crippen molar-refractivity contribution in [2.45, 2.75) is 0 Å². The highest BCUT2D eigenvalue weighted by molar-refractivity contribution is 6.37. The highest BCUT2D eigenvalue weighted by Gasteiger charge is 2.13. The molecule has 0 aliphatic rings. The van der Waals surface area contributed by atoms with Crippen LogP contribution in [0.2, 0.25) is 10.0 Å². The molecule has 9 nitrogen and oxygen atoms in total. The molecule has 0 saturated heterocycles. The maximum atomic E-state index is 12.4. The third kappa shape index (κ3) is 4.68. The van der Waals surface area contributed by atoms with Gasteiger partial charge in [0.2, 0.25) is 5.95 Å².